The Hall–Kier alpha value is -0.0800. The first-order valence-electron chi connectivity index (χ1n) is 6.77. The average Bonchev–Trinajstić information content (AvgIpc) is 2.30. The van der Waals surface area contributed by atoms with Crippen LogP contribution in [0.5, 0.6) is 0 Å². The fourth-order valence-corrected chi connectivity index (χ4v) is 2.28. The molecule has 0 bridgehead atoms. The number of nitrogens with two attached hydrogens (primary N) is 1. The van der Waals surface area contributed by atoms with Gasteiger partial charge in [-0.05, 0) is 45.6 Å². The van der Waals surface area contributed by atoms with Crippen LogP contribution in [-0.2, 0) is 0 Å². The molecule has 1 saturated heterocycles. The van der Waals surface area contributed by atoms with Gasteiger partial charge in [0, 0.05) is 18.1 Å². The Balaban J connectivity index is 2.64. The third kappa shape index (κ3) is 3.46. The number of nitrogens with zero attached hydrogens (tertiary/aromatic N) is 1. The van der Waals surface area contributed by atoms with E-state index < -0.39 is 0 Å². The van der Waals surface area contributed by atoms with Crippen LogP contribution >= 0.6 is 0 Å². The van der Waals surface area contributed by atoms with E-state index in [1.807, 2.05) is 0 Å². The molecule has 0 spiro atoms. The van der Waals surface area contributed by atoms with Gasteiger partial charge in [-0.2, -0.15) is 0 Å². The summed E-state index contributed by atoms with van der Waals surface area (Å²) in [5, 5.41) is 0. The van der Waals surface area contributed by atoms with Crippen LogP contribution in [0.25, 0.3) is 0 Å². The summed E-state index contributed by atoms with van der Waals surface area (Å²) < 4.78 is 0. The predicted octanol–water partition coefficient (Wildman–Crippen LogP) is 3.01. The molecule has 1 unspecified atom stereocenters. The van der Waals surface area contributed by atoms with Crippen LogP contribution in [0.1, 0.15) is 60.3 Å². The molecule has 96 valence electrons. The molecule has 1 heterocycles. The van der Waals surface area contributed by atoms with Crippen molar-refractivity contribution in [2.75, 3.05) is 13.1 Å². The first-order chi connectivity index (χ1) is 7.24. The second-order valence-corrected chi connectivity index (χ2v) is 6.77. The normalized spacial score (nSPS) is 25.5. The molecule has 0 radical (unpaired) electrons. The van der Waals surface area contributed by atoms with Gasteiger partial charge in [-0.1, -0.05) is 26.7 Å². The molecule has 2 nitrogen and oxygen atoms in total. The molecule has 1 aliphatic rings. The predicted molar refractivity (Wildman–Crippen MR) is 71.6 cm³/mol. The van der Waals surface area contributed by atoms with Crippen LogP contribution in [0.4, 0.5) is 0 Å². The lowest BCUT2D eigenvalue weighted by Crippen LogP contribution is -2.54. The SMILES string of the molecule is CC1CCCCCN1CC(C)(C)C(C)(C)N. The molecule has 0 aromatic rings. The molecule has 1 atom stereocenters. The van der Waals surface area contributed by atoms with Crippen LogP contribution in [0.2, 0.25) is 0 Å². The van der Waals surface area contributed by atoms with Crippen molar-refractivity contribution in [2.45, 2.75) is 71.9 Å². The first-order valence-corrected chi connectivity index (χ1v) is 6.77. The largest absolute Gasteiger partial charge is 0.325 e. The summed E-state index contributed by atoms with van der Waals surface area (Å²) in [6.07, 6.45) is 5.49. The standard InChI is InChI=1S/C14H30N2/c1-12-9-7-6-8-10-16(12)11-13(2,3)14(4,5)15/h12H,6-11,15H2,1-5H3. The summed E-state index contributed by atoms with van der Waals surface area (Å²) >= 11 is 0. The lowest BCUT2D eigenvalue weighted by molar-refractivity contribution is 0.0896. The zero-order valence-electron chi connectivity index (χ0n) is 11.8. The Morgan fingerprint density at radius 3 is 2.31 bits per heavy atom. The van der Waals surface area contributed by atoms with Crippen molar-refractivity contribution in [2.24, 2.45) is 11.1 Å². The third-order valence-corrected chi connectivity index (χ3v) is 4.53. The first kappa shape index (κ1) is 14.0. The van der Waals surface area contributed by atoms with E-state index in [1.165, 1.54) is 32.2 Å². The number of hydrogen-bond acceptors (Lipinski definition) is 2. The summed E-state index contributed by atoms with van der Waals surface area (Å²) in [6.45, 7) is 13.6. The van der Waals surface area contributed by atoms with Gasteiger partial charge in [0.2, 0.25) is 0 Å². The highest BCUT2D eigenvalue weighted by atomic mass is 15.2. The maximum absolute atomic E-state index is 6.29. The van der Waals surface area contributed by atoms with Gasteiger partial charge in [-0.3, -0.25) is 0 Å². The average molecular weight is 226 g/mol. The van der Waals surface area contributed by atoms with E-state index in [9.17, 15) is 0 Å². The van der Waals surface area contributed by atoms with E-state index in [2.05, 4.69) is 39.5 Å². The van der Waals surface area contributed by atoms with Gasteiger partial charge >= 0.3 is 0 Å². The fraction of sp³-hybridized carbons (Fsp3) is 1.00. The molecule has 0 amide bonds. The van der Waals surface area contributed by atoms with Gasteiger partial charge in [0.25, 0.3) is 0 Å². The molecule has 2 heteroatoms. The summed E-state index contributed by atoms with van der Waals surface area (Å²) in [5.74, 6) is 0. The van der Waals surface area contributed by atoms with E-state index in [-0.39, 0.29) is 11.0 Å². The van der Waals surface area contributed by atoms with Crippen LogP contribution in [0, 0.1) is 5.41 Å². The minimum absolute atomic E-state index is 0.112. The lowest BCUT2D eigenvalue weighted by Gasteiger charge is -2.43. The topological polar surface area (TPSA) is 29.3 Å². The Kier molecular flexibility index (Phi) is 4.42. The zero-order valence-corrected chi connectivity index (χ0v) is 11.8. The fourth-order valence-electron chi connectivity index (χ4n) is 2.28. The monoisotopic (exact) mass is 226 g/mol. The second kappa shape index (κ2) is 5.05. The van der Waals surface area contributed by atoms with Crippen molar-refractivity contribution in [3.63, 3.8) is 0 Å². The highest BCUT2D eigenvalue weighted by Crippen LogP contribution is 2.31. The molecule has 1 aliphatic heterocycles. The number of rotatable bonds is 3. The molecule has 1 fully saturated rings. The van der Waals surface area contributed by atoms with Gasteiger partial charge in [0.15, 0.2) is 0 Å². The van der Waals surface area contributed by atoms with E-state index >= 15 is 0 Å². The molecular formula is C14H30N2. The third-order valence-electron chi connectivity index (χ3n) is 4.53. The minimum Gasteiger partial charge on any atom is -0.325 e. The van der Waals surface area contributed by atoms with Gasteiger partial charge in [-0.25, -0.2) is 0 Å². The van der Waals surface area contributed by atoms with Crippen molar-refractivity contribution >= 4 is 0 Å². The summed E-state index contributed by atoms with van der Waals surface area (Å²) in [6, 6.07) is 0.726. The summed E-state index contributed by atoms with van der Waals surface area (Å²) in [4.78, 5) is 2.64. The molecule has 0 aliphatic carbocycles. The number of likely N-dealkylation sites (tertiary alicyclic amines) is 1. The highest BCUT2D eigenvalue weighted by Gasteiger charge is 2.36. The van der Waals surface area contributed by atoms with Crippen molar-refractivity contribution < 1.29 is 0 Å². The highest BCUT2D eigenvalue weighted by molar-refractivity contribution is 4.93. The van der Waals surface area contributed by atoms with Crippen LogP contribution in [-0.4, -0.2) is 29.6 Å². The van der Waals surface area contributed by atoms with Gasteiger partial charge in [-0.15, -0.1) is 0 Å². The Bertz CT molecular complexity index is 215. The summed E-state index contributed by atoms with van der Waals surface area (Å²) in [5.41, 5.74) is 6.35. The van der Waals surface area contributed by atoms with E-state index in [0.29, 0.717) is 0 Å². The van der Waals surface area contributed by atoms with Crippen molar-refractivity contribution in [1.82, 2.24) is 4.90 Å². The lowest BCUT2D eigenvalue weighted by atomic mass is 9.74. The molecule has 16 heavy (non-hydrogen) atoms. The van der Waals surface area contributed by atoms with E-state index in [4.69, 9.17) is 5.73 Å². The maximum atomic E-state index is 6.29. The van der Waals surface area contributed by atoms with Crippen LogP contribution in [0.15, 0.2) is 0 Å². The van der Waals surface area contributed by atoms with Crippen LogP contribution < -0.4 is 5.73 Å². The molecule has 2 N–H and O–H groups in total. The van der Waals surface area contributed by atoms with Crippen molar-refractivity contribution in [3.05, 3.63) is 0 Å². The molecule has 0 saturated carbocycles. The molecule has 0 aromatic heterocycles. The quantitative estimate of drug-likeness (QED) is 0.801. The Labute approximate surface area is 102 Å². The maximum Gasteiger partial charge on any atom is 0.0161 e. The van der Waals surface area contributed by atoms with Gasteiger partial charge in [0.05, 0.1) is 0 Å². The van der Waals surface area contributed by atoms with Crippen LogP contribution in [0.3, 0.4) is 0 Å². The summed E-state index contributed by atoms with van der Waals surface area (Å²) in [7, 11) is 0. The van der Waals surface area contributed by atoms with Crippen molar-refractivity contribution in [1.29, 1.82) is 0 Å². The van der Waals surface area contributed by atoms with Gasteiger partial charge < -0.3 is 10.6 Å². The molecular weight excluding hydrogens is 196 g/mol. The molecule has 1 rings (SSSR count). The van der Waals surface area contributed by atoms with Gasteiger partial charge in [0.1, 0.15) is 0 Å². The Morgan fingerprint density at radius 2 is 1.75 bits per heavy atom. The van der Waals surface area contributed by atoms with E-state index in [0.717, 1.165) is 12.6 Å². The minimum atomic E-state index is -0.112. The smallest absolute Gasteiger partial charge is 0.0161 e. The van der Waals surface area contributed by atoms with E-state index in [1.54, 1.807) is 0 Å². The van der Waals surface area contributed by atoms with Crippen molar-refractivity contribution in [3.8, 4) is 0 Å². The number of hydrogen-bond donors (Lipinski definition) is 1. The zero-order chi connectivity index (χ0) is 12.4. The molecule has 0 aromatic carbocycles. The second-order valence-electron chi connectivity index (χ2n) is 6.77. The Morgan fingerprint density at radius 1 is 1.12 bits per heavy atom.